The topological polar surface area (TPSA) is 124 Å². The van der Waals surface area contributed by atoms with Gasteiger partial charge in [0.15, 0.2) is 23.2 Å². The summed E-state index contributed by atoms with van der Waals surface area (Å²) in [6, 6.07) is 0. The van der Waals surface area contributed by atoms with Crippen LogP contribution >= 0.6 is 0 Å². The molecule has 11 heteroatoms. The minimum absolute atomic E-state index is 0.144. The van der Waals surface area contributed by atoms with Crippen LogP contribution in [0.15, 0.2) is 12.7 Å². The molecule has 3 unspecified atom stereocenters. The Morgan fingerprint density at radius 1 is 1.31 bits per heavy atom. The van der Waals surface area contributed by atoms with Crippen LogP contribution in [0.3, 0.4) is 0 Å². The molecule has 0 aromatic carbocycles. The summed E-state index contributed by atoms with van der Waals surface area (Å²) in [6.07, 6.45) is -1.62. The number of nitrogens with zero attached hydrogens (tertiary/aromatic N) is 4. The van der Waals surface area contributed by atoms with E-state index >= 15 is 0 Å². The van der Waals surface area contributed by atoms with Crippen molar-refractivity contribution in [3.8, 4) is 0 Å². The molecule has 3 rings (SSSR count). The first-order valence-electron chi connectivity index (χ1n) is 8.11. The highest BCUT2D eigenvalue weighted by molar-refractivity contribution is 5.82. The Morgan fingerprint density at radius 2 is 2.12 bits per heavy atom. The number of fused-ring (bicyclic) bond motifs is 1. The van der Waals surface area contributed by atoms with E-state index in [9.17, 15) is 14.6 Å². The summed E-state index contributed by atoms with van der Waals surface area (Å²) in [4.78, 5) is 12.6. The Hall–Kier alpha value is -1.92. The number of hydrogen-bond acceptors (Lipinski definition) is 9. The molecule has 1 saturated heterocycles. The lowest BCUT2D eigenvalue weighted by atomic mass is 10.1. The van der Waals surface area contributed by atoms with Crippen LogP contribution in [0.1, 0.15) is 6.23 Å². The predicted octanol–water partition coefficient (Wildman–Crippen LogP) is -0.512. The van der Waals surface area contributed by atoms with Crippen molar-refractivity contribution in [3.63, 3.8) is 0 Å². The van der Waals surface area contributed by atoms with Crippen molar-refractivity contribution in [2.45, 2.75) is 30.6 Å². The summed E-state index contributed by atoms with van der Waals surface area (Å²) >= 11 is 0. The number of anilines is 1. The van der Waals surface area contributed by atoms with Crippen LogP contribution in [0.2, 0.25) is 0 Å². The molecule has 3 heterocycles. The van der Waals surface area contributed by atoms with Gasteiger partial charge in [0.2, 0.25) is 0 Å². The van der Waals surface area contributed by atoms with Gasteiger partial charge >= 0.3 is 0 Å². The van der Waals surface area contributed by atoms with Crippen molar-refractivity contribution in [1.29, 1.82) is 0 Å². The molecule has 0 amide bonds. The molecule has 0 spiro atoms. The summed E-state index contributed by atoms with van der Waals surface area (Å²) in [7, 11) is 2.91. The molecule has 0 aliphatic carbocycles. The predicted molar refractivity (Wildman–Crippen MR) is 88.4 cm³/mol. The maximum atomic E-state index is 12.8. The van der Waals surface area contributed by atoms with E-state index in [4.69, 9.17) is 14.2 Å². The van der Waals surface area contributed by atoms with E-state index in [1.165, 1.54) is 31.4 Å². The summed E-state index contributed by atoms with van der Waals surface area (Å²) in [6.45, 7) is -0.277. The monoisotopic (exact) mass is 371 g/mol. The van der Waals surface area contributed by atoms with E-state index < -0.39 is 37.3 Å². The van der Waals surface area contributed by atoms with E-state index in [0.29, 0.717) is 17.0 Å². The molecule has 0 saturated carbocycles. The largest absolute Gasteiger partial charge is 0.387 e. The van der Waals surface area contributed by atoms with E-state index in [1.807, 2.05) is 0 Å². The number of nitrogens with one attached hydrogen (secondary N) is 1. The van der Waals surface area contributed by atoms with Crippen molar-refractivity contribution in [3.05, 3.63) is 12.7 Å². The van der Waals surface area contributed by atoms with Crippen molar-refractivity contribution in [2.24, 2.45) is 0 Å². The highest BCUT2D eigenvalue weighted by Gasteiger charge is 2.44. The molecule has 5 atom stereocenters. The highest BCUT2D eigenvalue weighted by atomic mass is 19.1. The van der Waals surface area contributed by atoms with Gasteiger partial charge in [0.05, 0.1) is 12.9 Å². The van der Waals surface area contributed by atoms with Crippen molar-refractivity contribution in [2.75, 3.05) is 39.4 Å². The zero-order chi connectivity index (χ0) is 18.7. The SMILES string of the molecule is COC[C@H]1O[C@@H](n2cnc3c(NCC(CF)OC)ncnc32)C(O)C1O. The first-order chi connectivity index (χ1) is 12.6. The van der Waals surface area contributed by atoms with E-state index in [0.717, 1.165) is 0 Å². The lowest BCUT2D eigenvalue weighted by molar-refractivity contribution is -0.0580. The van der Waals surface area contributed by atoms with E-state index in [1.54, 1.807) is 0 Å². The van der Waals surface area contributed by atoms with Gasteiger partial charge in [0.1, 0.15) is 37.4 Å². The van der Waals surface area contributed by atoms with E-state index in [-0.39, 0.29) is 13.2 Å². The number of aliphatic hydroxyl groups is 2. The van der Waals surface area contributed by atoms with Gasteiger partial charge in [-0.2, -0.15) is 0 Å². The highest BCUT2D eigenvalue weighted by Crippen LogP contribution is 2.32. The van der Waals surface area contributed by atoms with Gasteiger partial charge in [0, 0.05) is 20.8 Å². The van der Waals surface area contributed by atoms with Gasteiger partial charge in [-0.05, 0) is 0 Å². The van der Waals surface area contributed by atoms with E-state index in [2.05, 4.69) is 20.3 Å². The quantitative estimate of drug-likeness (QED) is 0.563. The summed E-state index contributed by atoms with van der Waals surface area (Å²) in [5, 5.41) is 23.4. The zero-order valence-corrected chi connectivity index (χ0v) is 14.4. The molecule has 2 aromatic rings. The normalized spacial score (nSPS) is 27.1. The number of methoxy groups -OCH3 is 2. The average molecular weight is 371 g/mol. The van der Waals surface area contributed by atoms with Crippen molar-refractivity contribution < 1.29 is 28.8 Å². The Labute approximate surface area is 148 Å². The fraction of sp³-hybridized carbons (Fsp3) is 0.667. The minimum atomic E-state index is -1.16. The smallest absolute Gasteiger partial charge is 0.167 e. The Bertz CT molecular complexity index is 728. The minimum Gasteiger partial charge on any atom is -0.387 e. The molecule has 0 radical (unpaired) electrons. The third-order valence-corrected chi connectivity index (χ3v) is 4.30. The first kappa shape index (κ1) is 18.9. The molecule has 1 aliphatic heterocycles. The molecule has 26 heavy (non-hydrogen) atoms. The molecule has 144 valence electrons. The van der Waals surface area contributed by atoms with Crippen LogP contribution in [-0.4, -0.2) is 88.2 Å². The van der Waals surface area contributed by atoms with Crippen LogP contribution in [0.25, 0.3) is 11.2 Å². The molecule has 1 fully saturated rings. The molecule has 0 bridgehead atoms. The summed E-state index contributed by atoms with van der Waals surface area (Å²) in [5.74, 6) is 0.408. The number of halogens is 1. The van der Waals surface area contributed by atoms with Crippen LogP contribution in [0.5, 0.6) is 0 Å². The first-order valence-corrected chi connectivity index (χ1v) is 8.11. The lowest BCUT2D eigenvalue weighted by Gasteiger charge is -2.16. The number of aliphatic hydroxyl groups excluding tert-OH is 2. The Kier molecular flexibility index (Phi) is 5.94. The number of aromatic nitrogens is 4. The second kappa shape index (κ2) is 8.18. The Balaban J connectivity index is 1.84. The molecular formula is C15H22FN5O5. The standard InChI is InChI=1S/C15H22FN5O5/c1-24-5-9-11(22)12(23)15(26-9)21-7-20-10-13(18-6-19-14(10)21)17-4-8(3-16)25-2/h6-9,11-12,15,22-23H,3-5H2,1-2H3,(H,17,18,19)/t8?,9-,11?,12?,15-/m1/s1. The van der Waals surface area contributed by atoms with Crippen LogP contribution < -0.4 is 5.32 Å². The number of alkyl halides is 1. The van der Waals surface area contributed by atoms with Crippen LogP contribution in [0.4, 0.5) is 10.2 Å². The van der Waals surface area contributed by atoms with Gasteiger partial charge < -0.3 is 29.7 Å². The Morgan fingerprint density at radius 3 is 2.81 bits per heavy atom. The fourth-order valence-electron chi connectivity index (χ4n) is 2.84. The fourth-order valence-corrected chi connectivity index (χ4v) is 2.84. The summed E-state index contributed by atoms with van der Waals surface area (Å²) < 4.78 is 30.0. The molecule has 2 aromatic heterocycles. The molecule has 1 aliphatic rings. The molecule has 3 N–H and O–H groups in total. The van der Waals surface area contributed by atoms with Gasteiger partial charge in [-0.25, -0.2) is 19.3 Å². The lowest BCUT2D eigenvalue weighted by Crippen LogP contribution is -2.33. The second-order valence-electron chi connectivity index (χ2n) is 5.94. The third kappa shape index (κ3) is 3.48. The van der Waals surface area contributed by atoms with Gasteiger partial charge in [0.25, 0.3) is 0 Å². The van der Waals surface area contributed by atoms with Crippen LogP contribution in [-0.2, 0) is 14.2 Å². The van der Waals surface area contributed by atoms with Crippen molar-refractivity contribution in [1.82, 2.24) is 19.5 Å². The molecule has 10 nitrogen and oxygen atoms in total. The van der Waals surface area contributed by atoms with Crippen molar-refractivity contribution >= 4 is 17.0 Å². The number of hydrogen-bond donors (Lipinski definition) is 3. The summed E-state index contributed by atoms with van der Waals surface area (Å²) in [5.41, 5.74) is 0.840. The van der Waals surface area contributed by atoms with Gasteiger partial charge in [-0.1, -0.05) is 0 Å². The van der Waals surface area contributed by atoms with Crippen LogP contribution in [0, 0.1) is 0 Å². The second-order valence-corrected chi connectivity index (χ2v) is 5.94. The van der Waals surface area contributed by atoms with Gasteiger partial charge in [-0.15, -0.1) is 0 Å². The maximum Gasteiger partial charge on any atom is 0.167 e. The molecular weight excluding hydrogens is 349 g/mol. The number of imidazole rings is 1. The maximum absolute atomic E-state index is 12.8. The zero-order valence-electron chi connectivity index (χ0n) is 14.4. The third-order valence-electron chi connectivity index (χ3n) is 4.30. The number of ether oxygens (including phenoxy) is 3. The average Bonchev–Trinajstić information content (AvgIpc) is 3.20. The number of rotatable bonds is 8. The van der Waals surface area contributed by atoms with Gasteiger partial charge in [-0.3, -0.25) is 4.57 Å².